The summed E-state index contributed by atoms with van der Waals surface area (Å²) in [5, 5.41) is 4.21. The minimum Gasteiger partial charge on any atom is -0.276 e. The minimum absolute atomic E-state index is 0.456. The molecule has 0 saturated heterocycles. The number of rotatable bonds is 5. The summed E-state index contributed by atoms with van der Waals surface area (Å²) in [7, 11) is 1.96. The summed E-state index contributed by atoms with van der Waals surface area (Å²) < 4.78 is 1.86. The molecular weight excluding hydrogens is 224 g/mol. The Balaban J connectivity index is 1.81. The van der Waals surface area contributed by atoms with Gasteiger partial charge >= 0.3 is 0 Å². The van der Waals surface area contributed by atoms with E-state index in [-0.39, 0.29) is 0 Å². The quantitative estimate of drug-likeness (QED) is 0.621. The summed E-state index contributed by atoms with van der Waals surface area (Å²) in [6, 6.07) is 0.456. The van der Waals surface area contributed by atoms with Crippen molar-refractivity contribution in [1.29, 1.82) is 0 Å². The molecule has 1 heterocycles. The number of hydrazine groups is 1. The Morgan fingerprint density at radius 2 is 2.17 bits per heavy atom. The summed E-state index contributed by atoms with van der Waals surface area (Å²) in [6.45, 7) is 2.36. The molecule has 1 aromatic heterocycles. The first kappa shape index (κ1) is 13.6. The van der Waals surface area contributed by atoms with Crippen molar-refractivity contribution < 1.29 is 0 Å². The normalized spacial score (nSPS) is 26.2. The van der Waals surface area contributed by atoms with Gasteiger partial charge in [-0.15, -0.1) is 0 Å². The number of nitrogens with two attached hydrogens (primary N) is 1. The summed E-state index contributed by atoms with van der Waals surface area (Å²) in [5.74, 6) is 7.39. The number of nitrogens with one attached hydrogen (secondary N) is 1. The van der Waals surface area contributed by atoms with Gasteiger partial charge in [0.15, 0.2) is 0 Å². The highest BCUT2D eigenvalue weighted by Crippen LogP contribution is 2.31. The predicted octanol–water partition coefficient (Wildman–Crippen LogP) is 2.01. The highest BCUT2D eigenvalue weighted by molar-refractivity contribution is 5.04. The van der Waals surface area contributed by atoms with Gasteiger partial charge in [-0.2, -0.15) is 5.10 Å². The maximum absolute atomic E-state index is 5.74. The molecule has 0 bridgehead atoms. The average Bonchev–Trinajstić information content (AvgIpc) is 2.78. The fourth-order valence-electron chi connectivity index (χ4n) is 3.07. The second kappa shape index (κ2) is 6.34. The van der Waals surface area contributed by atoms with E-state index < -0.39 is 0 Å². The van der Waals surface area contributed by atoms with Crippen LogP contribution < -0.4 is 11.3 Å². The third-order valence-electron chi connectivity index (χ3n) is 4.35. The molecule has 1 unspecified atom stereocenters. The molecule has 1 atom stereocenters. The van der Waals surface area contributed by atoms with Crippen LogP contribution in [-0.2, 0) is 13.5 Å². The molecule has 0 spiro atoms. The van der Waals surface area contributed by atoms with Crippen LogP contribution >= 0.6 is 0 Å². The van der Waals surface area contributed by atoms with E-state index in [0.29, 0.717) is 6.04 Å². The van der Waals surface area contributed by atoms with Gasteiger partial charge in [0.05, 0.1) is 6.20 Å². The zero-order valence-corrected chi connectivity index (χ0v) is 11.6. The zero-order chi connectivity index (χ0) is 13.0. The van der Waals surface area contributed by atoms with E-state index in [1.165, 1.54) is 31.2 Å². The van der Waals surface area contributed by atoms with E-state index in [1.807, 2.05) is 17.9 Å². The van der Waals surface area contributed by atoms with Gasteiger partial charge in [0.2, 0.25) is 0 Å². The van der Waals surface area contributed by atoms with Crippen molar-refractivity contribution >= 4 is 0 Å². The van der Waals surface area contributed by atoms with Crippen molar-refractivity contribution in [3.8, 4) is 0 Å². The lowest BCUT2D eigenvalue weighted by Gasteiger charge is -2.32. The molecule has 0 aliphatic heterocycles. The van der Waals surface area contributed by atoms with E-state index in [9.17, 15) is 0 Å². The second-order valence-corrected chi connectivity index (χ2v) is 5.85. The second-order valence-electron chi connectivity index (χ2n) is 5.85. The summed E-state index contributed by atoms with van der Waals surface area (Å²) in [4.78, 5) is 0. The number of aromatic nitrogens is 2. The molecule has 1 aliphatic carbocycles. The van der Waals surface area contributed by atoms with Crippen molar-refractivity contribution in [1.82, 2.24) is 15.2 Å². The molecule has 2 rings (SSSR count). The van der Waals surface area contributed by atoms with Gasteiger partial charge in [-0.3, -0.25) is 16.0 Å². The highest BCUT2D eigenvalue weighted by Gasteiger charge is 2.25. The van der Waals surface area contributed by atoms with E-state index in [1.54, 1.807) is 0 Å². The summed E-state index contributed by atoms with van der Waals surface area (Å²) in [5.41, 5.74) is 4.34. The molecule has 4 heteroatoms. The van der Waals surface area contributed by atoms with Crippen LogP contribution in [0.1, 0.15) is 44.6 Å². The molecule has 1 saturated carbocycles. The Kier molecular flexibility index (Phi) is 4.78. The number of aryl methyl sites for hydroxylation is 2. The van der Waals surface area contributed by atoms with Crippen LogP contribution in [-0.4, -0.2) is 15.8 Å². The van der Waals surface area contributed by atoms with Gasteiger partial charge in [-0.05, 0) is 43.1 Å². The Labute approximate surface area is 110 Å². The lowest BCUT2D eigenvalue weighted by molar-refractivity contribution is 0.223. The van der Waals surface area contributed by atoms with Gasteiger partial charge in [0.25, 0.3) is 0 Å². The molecule has 102 valence electrons. The Hall–Kier alpha value is -0.870. The van der Waals surface area contributed by atoms with E-state index in [0.717, 1.165) is 24.7 Å². The molecule has 1 aromatic rings. The van der Waals surface area contributed by atoms with Crippen molar-refractivity contribution in [2.75, 3.05) is 0 Å². The SMILES string of the molecule is CC1CCC(C(CCc2cnn(C)c2)NN)CC1. The van der Waals surface area contributed by atoms with Crippen molar-refractivity contribution in [3.05, 3.63) is 18.0 Å². The number of nitrogens with zero attached hydrogens (tertiary/aromatic N) is 2. The first-order valence-electron chi connectivity index (χ1n) is 7.12. The standard InChI is InChI=1S/C14H26N4/c1-11-3-6-13(7-4-11)14(17-15)8-5-12-9-16-18(2)10-12/h9-11,13-14,17H,3-8,15H2,1-2H3. The van der Waals surface area contributed by atoms with E-state index in [4.69, 9.17) is 5.84 Å². The molecular formula is C14H26N4. The van der Waals surface area contributed by atoms with Gasteiger partial charge in [0, 0.05) is 19.3 Å². The third kappa shape index (κ3) is 3.56. The molecule has 4 nitrogen and oxygen atoms in total. The molecule has 0 amide bonds. The maximum atomic E-state index is 5.74. The van der Waals surface area contributed by atoms with Crippen LogP contribution in [0.25, 0.3) is 0 Å². The monoisotopic (exact) mass is 250 g/mol. The Morgan fingerprint density at radius 1 is 1.44 bits per heavy atom. The first-order chi connectivity index (χ1) is 8.69. The van der Waals surface area contributed by atoms with Crippen LogP contribution in [0.4, 0.5) is 0 Å². The van der Waals surface area contributed by atoms with Gasteiger partial charge in [-0.1, -0.05) is 19.8 Å². The fraction of sp³-hybridized carbons (Fsp3) is 0.786. The molecule has 18 heavy (non-hydrogen) atoms. The predicted molar refractivity (Wildman–Crippen MR) is 73.8 cm³/mol. The fourth-order valence-corrected chi connectivity index (χ4v) is 3.07. The third-order valence-corrected chi connectivity index (χ3v) is 4.35. The van der Waals surface area contributed by atoms with Crippen molar-refractivity contribution in [2.45, 2.75) is 51.5 Å². The lowest BCUT2D eigenvalue weighted by Crippen LogP contribution is -2.42. The number of hydrogen-bond donors (Lipinski definition) is 2. The summed E-state index contributed by atoms with van der Waals surface area (Å²) >= 11 is 0. The Bertz CT molecular complexity index is 352. The zero-order valence-electron chi connectivity index (χ0n) is 11.6. The van der Waals surface area contributed by atoms with Crippen molar-refractivity contribution in [2.24, 2.45) is 24.7 Å². The molecule has 3 N–H and O–H groups in total. The average molecular weight is 250 g/mol. The molecule has 1 aliphatic rings. The molecule has 1 fully saturated rings. The first-order valence-corrected chi connectivity index (χ1v) is 7.12. The largest absolute Gasteiger partial charge is 0.276 e. The van der Waals surface area contributed by atoms with Gasteiger partial charge in [-0.25, -0.2) is 0 Å². The van der Waals surface area contributed by atoms with Crippen LogP contribution in [0.5, 0.6) is 0 Å². The Morgan fingerprint density at radius 3 is 2.72 bits per heavy atom. The summed E-state index contributed by atoms with van der Waals surface area (Å²) in [6.07, 6.45) is 11.6. The van der Waals surface area contributed by atoms with Gasteiger partial charge < -0.3 is 0 Å². The van der Waals surface area contributed by atoms with Crippen LogP contribution in [0.15, 0.2) is 12.4 Å². The maximum Gasteiger partial charge on any atom is 0.0521 e. The molecule has 0 aromatic carbocycles. The molecule has 0 radical (unpaired) electrons. The van der Waals surface area contributed by atoms with Crippen LogP contribution in [0, 0.1) is 11.8 Å². The van der Waals surface area contributed by atoms with Crippen LogP contribution in [0.2, 0.25) is 0 Å². The van der Waals surface area contributed by atoms with Crippen molar-refractivity contribution in [3.63, 3.8) is 0 Å². The minimum atomic E-state index is 0.456. The van der Waals surface area contributed by atoms with E-state index in [2.05, 4.69) is 23.6 Å². The van der Waals surface area contributed by atoms with E-state index >= 15 is 0 Å². The smallest absolute Gasteiger partial charge is 0.0521 e. The van der Waals surface area contributed by atoms with Gasteiger partial charge in [0.1, 0.15) is 0 Å². The number of hydrogen-bond acceptors (Lipinski definition) is 3. The lowest BCUT2D eigenvalue weighted by atomic mass is 9.78. The topological polar surface area (TPSA) is 55.9 Å². The van der Waals surface area contributed by atoms with Crippen LogP contribution in [0.3, 0.4) is 0 Å². The highest BCUT2D eigenvalue weighted by atomic mass is 15.2.